The van der Waals surface area contributed by atoms with Crippen molar-refractivity contribution in [2.75, 3.05) is 38.0 Å². The second-order valence-electron chi connectivity index (χ2n) is 8.96. The monoisotopic (exact) mass is 368 g/mol. The van der Waals surface area contributed by atoms with Gasteiger partial charge in [-0.3, -0.25) is 14.6 Å². The van der Waals surface area contributed by atoms with Crippen LogP contribution in [0.1, 0.15) is 45.6 Å². The number of nitrogens with one attached hydrogen (secondary N) is 1. The quantitative estimate of drug-likeness (QED) is 0.750. The minimum Gasteiger partial charge on any atom is -0.385 e. The molecule has 3 rings (SSSR count). The molecule has 2 saturated heterocycles. The van der Waals surface area contributed by atoms with Crippen LogP contribution in [0.25, 0.3) is 0 Å². The number of carbonyl (C=O) groups is 1. The first-order valence-electron chi connectivity index (χ1n) is 10.1. The number of anilines is 1. The minimum atomic E-state index is -0.243. The van der Waals surface area contributed by atoms with Crippen LogP contribution < -0.4 is 5.32 Å². The van der Waals surface area contributed by atoms with Crippen LogP contribution in [-0.4, -0.2) is 60.4 Å². The first-order valence-corrected chi connectivity index (χ1v) is 10.1. The highest BCUT2D eigenvalue weighted by atomic mass is 16.1. The third-order valence-corrected chi connectivity index (χ3v) is 5.85. The summed E-state index contributed by atoms with van der Waals surface area (Å²) in [5.41, 5.74) is 1.52. The number of likely N-dealkylation sites (tertiary alicyclic amines) is 1. The number of Topliss-reactive ketones (excluding diaryl/α,β-unsaturated/α-hetero) is 1. The highest BCUT2D eigenvalue weighted by molar-refractivity contribution is 5.85. The van der Waals surface area contributed by atoms with Crippen molar-refractivity contribution in [2.24, 2.45) is 5.41 Å². The summed E-state index contributed by atoms with van der Waals surface area (Å²) in [6.07, 6.45) is 3.62. The van der Waals surface area contributed by atoms with E-state index in [1.807, 2.05) is 45.0 Å². The van der Waals surface area contributed by atoms with Gasteiger partial charge in [0.25, 0.3) is 0 Å². The van der Waals surface area contributed by atoms with Crippen LogP contribution in [0.2, 0.25) is 0 Å². The molecule has 0 saturated carbocycles. The molecule has 1 N–H and O–H groups in total. The van der Waals surface area contributed by atoms with Gasteiger partial charge >= 0.3 is 0 Å². The molecule has 2 heterocycles. The standard InChI is InChI=1S/C22H32N4O/c1-22(2,3)21(27)16-25-14-19-9-10-20(15-25)26(19)12-4-11-24-18-7-5-17(13-23)6-8-18/h5-8,19-20,24H,4,9-12,14-16H2,1-3H3. The summed E-state index contributed by atoms with van der Waals surface area (Å²) in [6.45, 7) is 10.8. The van der Waals surface area contributed by atoms with Crippen molar-refractivity contribution in [3.8, 4) is 6.07 Å². The van der Waals surface area contributed by atoms with Gasteiger partial charge in [0.1, 0.15) is 0 Å². The second-order valence-corrected chi connectivity index (χ2v) is 8.96. The average molecular weight is 369 g/mol. The number of nitrogens with zero attached hydrogens (tertiary/aromatic N) is 3. The smallest absolute Gasteiger partial charge is 0.152 e. The van der Waals surface area contributed by atoms with E-state index in [2.05, 4.69) is 21.2 Å². The van der Waals surface area contributed by atoms with E-state index in [1.54, 1.807) is 0 Å². The zero-order chi connectivity index (χ0) is 19.4. The van der Waals surface area contributed by atoms with Crippen molar-refractivity contribution in [3.63, 3.8) is 0 Å². The molecule has 0 spiro atoms. The molecule has 2 unspecified atom stereocenters. The van der Waals surface area contributed by atoms with Crippen molar-refractivity contribution in [2.45, 2.75) is 52.1 Å². The van der Waals surface area contributed by atoms with Crippen LogP contribution >= 0.6 is 0 Å². The summed E-state index contributed by atoms with van der Waals surface area (Å²) >= 11 is 0. The largest absolute Gasteiger partial charge is 0.385 e. The Hall–Kier alpha value is -1.90. The summed E-state index contributed by atoms with van der Waals surface area (Å²) in [4.78, 5) is 17.4. The Bertz CT molecular complexity index is 672. The molecular weight excluding hydrogens is 336 g/mol. The number of hydrogen-bond donors (Lipinski definition) is 1. The predicted octanol–water partition coefficient (Wildman–Crippen LogP) is 3.12. The maximum atomic E-state index is 12.4. The number of nitriles is 1. The lowest BCUT2D eigenvalue weighted by Crippen LogP contribution is -2.55. The van der Waals surface area contributed by atoms with Gasteiger partial charge in [0.05, 0.1) is 18.2 Å². The van der Waals surface area contributed by atoms with Crippen LogP contribution in [0.4, 0.5) is 5.69 Å². The number of fused-ring (bicyclic) bond motifs is 2. The molecule has 5 heteroatoms. The molecule has 2 atom stereocenters. The van der Waals surface area contributed by atoms with E-state index in [4.69, 9.17) is 5.26 Å². The van der Waals surface area contributed by atoms with Crippen LogP contribution in [-0.2, 0) is 4.79 Å². The van der Waals surface area contributed by atoms with E-state index >= 15 is 0 Å². The molecule has 0 radical (unpaired) electrons. The Balaban J connectivity index is 1.42. The van der Waals surface area contributed by atoms with Crippen LogP contribution in [0.15, 0.2) is 24.3 Å². The molecular formula is C22H32N4O. The van der Waals surface area contributed by atoms with Crippen LogP contribution in [0.5, 0.6) is 0 Å². The van der Waals surface area contributed by atoms with Crippen molar-refractivity contribution in [1.82, 2.24) is 9.80 Å². The maximum absolute atomic E-state index is 12.4. The van der Waals surface area contributed by atoms with Gasteiger partial charge in [-0.1, -0.05) is 20.8 Å². The van der Waals surface area contributed by atoms with Gasteiger partial charge in [-0.25, -0.2) is 0 Å². The minimum absolute atomic E-state index is 0.243. The van der Waals surface area contributed by atoms with Gasteiger partial charge in [-0.2, -0.15) is 5.26 Å². The Labute approximate surface area is 163 Å². The number of carbonyl (C=O) groups excluding carboxylic acids is 1. The molecule has 0 aromatic heterocycles. The molecule has 2 bridgehead atoms. The summed E-state index contributed by atoms with van der Waals surface area (Å²) in [6, 6.07) is 11.0. The Morgan fingerprint density at radius 1 is 1.19 bits per heavy atom. The van der Waals surface area contributed by atoms with Gasteiger partial charge < -0.3 is 5.32 Å². The Morgan fingerprint density at radius 2 is 1.81 bits per heavy atom. The predicted molar refractivity (Wildman–Crippen MR) is 109 cm³/mol. The van der Waals surface area contributed by atoms with Crippen LogP contribution in [0.3, 0.4) is 0 Å². The lowest BCUT2D eigenvalue weighted by atomic mass is 9.90. The average Bonchev–Trinajstić information content (AvgIpc) is 2.87. The van der Waals surface area contributed by atoms with Crippen molar-refractivity contribution >= 4 is 11.5 Å². The highest BCUT2D eigenvalue weighted by Crippen LogP contribution is 2.30. The number of benzene rings is 1. The highest BCUT2D eigenvalue weighted by Gasteiger charge is 2.40. The molecule has 2 aliphatic heterocycles. The van der Waals surface area contributed by atoms with E-state index < -0.39 is 0 Å². The normalized spacial score (nSPS) is 23.2. The molecule has 1 aromatic carbocycles. The molecule has 2 aliphatic rings. The summed E-state index contributed by atoms with van der Waals surface area (Å²) in [5.74, 6) is 0.349. The van der Waals surface area contributed by atoms with E-state index in [0.29, 0.717) is 30.0 Å². The second kappa shape index (κ2) is 8.41. The Morgan fingerprint density at radius 3 is 2.37 bits per heavy atom. The van der Waals surface area contributed by atoms with E-state index in [-0.39, 0.29) is 5.41 Å². The summed E-state index contributed by atoms with van der Waals surface area (Å²) < 4.78 is 0. The first kappa shape index (κ1) is 19.9. The van der Waals surface area contributed by atoms with Gasteiger partial charge in [-0.15, -0.1) is 0 Å². The summed E-state index contributed by atoms with van der Waals surface area (Å²) in [7, 11) is 0. The molecule has 2 fully saturated rings. The van der Waals surface area contributed by atoms with E-state index in [9.17, 15) is 4.79 Å². The molecule has 5 nitrogen and oxygen atoms in total. The zero-order valence-corrected chi connectivity index (χ0v) is 16.9. The third kappa shape index (κ3) is 5.09. The Kier molecular flexibility index (Phi) is 6.18. The number of piperazine rings is 1. The zero-order valence-electron chi connectivity index (χ0n) is 16.9. The van der Waals surface area contributed by atoms with Gasteiger partial charge in [0.15, 0.2) is 5.78 Å². The van der Waals surface area contributed by atoms with Gasteiger partial charge in [0, 0.05) is 49.4 Å². The fourth-order valence-electron chi connectivity index (χ4n) is 4.17. The van der Waals surface area contributed by atoms with E-state index in [1.165, 1.54) is 12.8 Å². The summed E-state index contributed by atoms with van der Waals surface area (Å²) in [5, 5.41) is 12.3. The topological polar surface area (TPSA) is 59.4 Å². The SMILES string of the molecule is CC(C)(C)C(=O)CN1CC2CCC(C1)N2CCCNc1ccc(C#N)cc1. The van der Waals surface area contributed by atoms with Crippen LogP contribution in [0, 0.1) is 16.7 Å². The number of hydrogen-bond acceptors (Lipinski definition) is 5. The lowest BCUT2D eigenvalue weighted by molar-refractivity contribution is -0.128. The van der Waals surface area contributed by atoms with Gasteiger partial charge in [0.2, 0.25) is 0 Å². The molecule has 0 aliphatic carbocycles. The molecule has 146 valence electrons. The fraction of sp³-hybridized carbons (Fsp3) is 0.636. The third-order valence-electron chi connectivity index (χ3n) is 5.85. The van der Waals surface area contributed by atoms with Crippen molar-refractivity contribution in [3.05, 3.63) is 29.8 Å². The number of rotatable bonds is 7. The first-order chi connectivity index (χ1) is 12.9. The van der Waals surface area contributed by atoms with Crippen molar-refractivity contribution in [1.29, 1.82) is 5.26 Å². The van der Waals surface area contributed by atoms with Gasteiger partial charge in [-0.05, 0) is 43.5 Å². The lowest BCUT2D eigenvalue weighted by Gasteiger charge is -2.41. The fourth-order valence-corrected chi connectivity index (χ4v) is 4.17. The van der Waals surface area contributed by atoms with E-state index in [0.717, 1.165) is 38.3 Å². The van der Waals surface area contributed by atoms with Crippen molar-refractivity contribution < 1.29 is 4.79 Å². The molecule has 1 aromatic rings. The maximum Gasteiger partial charge on any atom is 0.152 e. The number of ketones is 1. The molecule has 27 heavy (non-hydrogen) atoms. The molecule has 0 amide bonds.